The molecule has 0 aromatic rings. The van der Waals surface area contributed by atoms with Crippen LogP contribution in [0.3, 0.4) is 0 Å². The Kier molecular flexibility index (Phi) is 3.88. The molecule has 0 aromatic carbocycles. The molecule has 0 amide bonds. The maximum atomic E-state index is 9.94. The summed E-state index contributed by atoms with van der Waals surface area (Å²) in [7, 11) is -2.15. The van der Waals surface area contributed by atoms with Gasteiger partial charge in [0.2, 0.25) is 0 Å². The summed E-state index contributed by atoms with van der Waals surface area (Å²) in [6.45, 7) is 2.00. The van der Waals surface area contributed by atoms with Crippen molar-refractivity contribution in [2.45, 2.75) is 25.8 Å². The Morgan fingerprint density at radius 2 is 2.29 bits per heavy atom. The van der Waals surface area contributed by atoms with E-state index in [4.69, 9.17) is 4.80 Å². The van der Waals surface area contributed by atoms with E-state index in [0.717, 1.165) is 12.8 Å². The normalized spacial score (nSPS) is 8.71. The molecule has 0 fully saturated rings. The molecule has 0 rings (SSSR count). The Bertz CT molecular complexity index is 62.7. The molecule has 0 aromatic heterocycles. The highest BCUT2D eigenvalue weighted by Gasteiger charge is 1.96. The molecule has 0 aliphatic heterocycles. The van der Waals surface area contributed by atoms with Crippen molar-refractivity contribution in [3.8, 4) is 0 Å². The highest BCUT2D eigenvalue weighted by atomic mass is 28.3. The summed E-state index contributed by atoms with van der Waals surface area (Å²) >= 11 is 0. The average molecular weight is 118 g/mol. The van der Waals surface area contributed by atoms with Crippen LogP contribution in [0.15, 0.2) is 0 Å². The van der Waals surface area contributed by atoms with E-state index in [0.29, 0.717) is 6.04 Å². The second-order valence-electron chi connectivity index (χ2n) is 1.50. The zero-order valence-electron chi connectivity index (χ0n) is 4.48. The molecule has 0 atom stereocenters. The summed E-state index contributed by atoms with van der Waals surface area (Å²) in [6, 6.07) is 0.501. The van der Waals surface area contributed by atoms with Crippen molar-refractivity contribution < 1.29 is 9.26 Å². The number of hydrogen-bond acceptors (Lipinski definition) is 1. The van der Waals surface area contributed by atoms with Crippen LogP contribution in [0, 0.1) is 0 Å². The number of hydrogen-bond donors (Lipinski definition) is 1. The standard InChI is InChI=1S/C4H10O2Si/c1-2-3-4-7(5)6/h5H,2-4H2,1H3. The summed E-state index contributed by atoms with van der Waals surface area (Å²) in [5.41, 5.74) is 0. The van der Waals surface area contributed by atoms with Crippen LogP contribution in [-0.2, 0) is 4.46 Å². The van der Waals surface area contributed by atoms with Crippen LogP contribution >= 0.6 is 0 Å². The van der Waals surface area contributed by atoms with E-state index >= 15 is 0 Å². The fourth-order valence-electron chi connectivity index (χ4n) is 0.328. The first-order valence-corrected chi connectivity index (χ1v) is 4.05. The Hall–Kier alpha value is -0.183. The van der Waals surface area contributed by atoms with Gasteiger partial charge in [0.15, 0.2) is 0 Å². The first-order valence-electron chi connectivity index (χ1n) is 2.49. The van der Waals surface area contributed by atoms with E-state index in [1.807, 2.05) is 6.92 Å². The van der Waals surface area contributed by atoms with Crippen molar-refractivity contribution in [1.82, 2.24) is 0 Å². The van der Waals surface area contributed by atoms with Crippen LogP contribution in [0.5, 0.6) is 0 Å². The van der Waals surface area contributed by atoms with E-state index in [2.05, 4.69) is 0 Å². The van der Waals surface area contributed by atoms with E-state index in [1.165, 1.54) is 0 Å². The highest BCUT2D eigenvalue weighted by Crippen LogP contribution is 1.91. The molecule has 0 aliphatic rings. The van der Waals surface area contributed by atoms with Crippen molar-refractivity contribution >= 4 is 8.93 Å². The van der Waals surface area contributed by atoms with Gasteiger partial charge in [-0.2, -0.15) is 0 Å². The minimum Gasteiger partial charge on any atom is -0.540 e. The molecule has 1 N–H and O–H groups in total. The number of rotatable bonds is 3. The van der Waals surface area contributed by atoms with Crippen LogP contribution in [0.2, 0.25) is 6.04 Å². The zero-order chi connectivity index (χ0) is 5.70. The first kappa shape index (κ1) is 6.82. The van der Waals surface area contributed by atoms with Gasteiger partial charge in [0.05, 0.1) is 0 Å². The van der Waals surface area contributed by atoms with Gasteiger partial charge in [-0.3, -0.25) is 0 Å². The van der Waals surface area contributed by atoms with Gasteiger partial charge in [-0.1, -0.05) is 13.3 Å². The molecule has 0 saturated heterocycles. The van der Waals surface area contributed by atoms with Gasteiger partial charge >= 0.3 is 8.93 Å². The predicted molar refractivity (Wildman–Crippen MR) is 28.4 cm³/mol. The lowest BCUT2D eigenvalue weighted by Crippen LogP contribution is -1.94. The quantitative estimate of drug-likeness (QED) is 0.554. The van der Waals surface area contributed by atoms with Crippen molar-refractivity contribution in [1.29, 1.82) is 0 Å². The van der Waals surface area contributed by atoms with E-state index < -0.39 is 8.93 Å². The fourth-order valence-corrected chi connectivity index (χ4v) is 0.984. The van der Waals surface area contributed by atoms with Crippen molar-refractivity contribution in [3.05, 3.63) is 0 Å². The molecule has 0 aliphatic carbocycles. The maximum Gasteiger partial charge on any atom is 0.499 e. The summed E-state index contributed by atoms with van der Waals surface area (Å²) in [6.07, 6.45) is 1.89. The highest BCUT2D eigenvalue weighted by molar-refractivity contribution is 6.32. The largest absolute Gasteiger partial charge is 0.540 e. The molecular formula is C4H10O2Si. The summed E-state index contributed by atoms with van der Waals surface area (Å²) in [5.74, 6) is 0. The second kappa shape index (κ2) is 3.99. The predicted octanol–water partition coefficient (Wildman–Crippen LogP) is 0.698. The maximum absolute atomic E-state index is 9.94. The van der Waals surface area contributed by atoms with E-state index in [1.54, 1.807) is 0 Å². The third-order valence-electron chi connectivity index (χ3n) is 0.744. The lowest BCUT2D eigenvalue weighted by atomic mass is 10.4. The van der Waals surface area contributed by atoms with Crippen molar-refractivity contribution in [2.24, 2.45) is 0 Å². The third kappa shape index (κ3) is 5.82. The summed E-state index contributed by atoms with van der Waals surface area (Å²) in [5, 5.41) is 0. The van der Waals surface area contributed by atoms with Crippen LogP contribution in [-0.4, -0.2) is 13.7 Å². The van der Waals surface area contributed by atoms with Crippen LogP contribution < -0.4 is 0 Å². The fraction of sp³-hybridized carbons (Fsp3) is 1.00. The van der Waals surface area contributed by atoms with Crippen LogP contribution in [0.4, 0.5) is 0 Å². The van der Waals surface area contributed by atoms with Crippen LogP contribution in [0.1, 0.15) is 19.8 Å². The Morgan fingerprint density at radius 1 is 1.71 bits per heavy atom. The van der Waals surface area contributed by atoms with Gasteiger partial charge in [0.25, 0.3) is 0 Å². The summed E-state index contributed by atoms with van der Waals surface area (Å²) in [4.78, 5) is 8.23. The van der Waals surface area contributed by atoms with Crippen molar-refractivity contribution in [3.63, 3.8) is 0 Å². The minimum atomic E-state index is -2.15. The monoisotopic (exact) mass is 118 g/mol. The molecule has 0 bridgehead atoms. The average Bonchev–Trinajstić information content (AvgIpc) is 1.61. The lowest BCUT2D eigenvalue weighted by molar-refractivity contribution is 0.443. The molecule has 0 radical (unpaired) electrons. The first-order chi connectivity index (χ1) is 3.27. The molecule has 42 valence electrons. The van der Waals surface area contributed by atoms with E-state index in [9.17, 15) is 4.46 Å². The topological polar surface area (TPSA) is 37.3 Å². The zero-order valence-corrected chi connectivity index (χ0v) is 5.48. The molecule has 0 heterocycles. The summed E-state index contributed by atoms with van der Waals surface area (Å²) < 4.78 is 9.94. The third-order valence-corrected chi connectivity index (χ3v) is 1.53. The molecule has 2 nitrogen and oxygen atoms in total. The van der Waals surface area contributed by atoms with E-state index in [-0.39, 0.29) is 0 Å². The Labute approximate surface area is 45.0 Å². The lowest BCUT2D eigenvalue weighted by Gasteiger charge is -1.83. The van der Waals surface area contributed by atoms with Crippen LogP contribution in [0.25, 0.3) is 0 Å². The number of unbranched alkanes of at least 4 members (excludes halogenated alkanes) is 1. The van der Waals surface area contributed by atoms with Gasteiger partial charge in [-0.15, -0.1) is 0 Å². The molecule has 0 saturated carbocycles. The SMILES string of the molecule is CCCC[Si](=O)O. The molecule has 0 spiro atoms. The van der Waals surface area contributed by atoms with Gasteiger partial charge < -0.3 is 9.26 Å². The second-order valence-corrected chi connectivity index (χ2v) is 2.78. The molecule has 7 heavy (non-hydrogen) atoms. The van der Waals surface area contributed by atoms with Gasteiger partial charge in [-0.25, -0.2) is 0 Å². The van der Waals surface area contributed by atoms with Gasteiger partial charge in [0, 0.05) is 6.04 Å². The Balaban J connectivity index is 2.82. The van der Waals surface area contributed by atoms with Gasteiger partial charge in [0.1, 0.15) is 0 Å². The molecule has 0 unspecified atom stereocenters. The minimum absolute atomic E-state index is 0.501. The smallest absolute Gasteiger partial charge is 0.499 e. The Morgan fingerprint density at radius 3 is 2.43 bits per heavy atom. The molecular weight excluding hydrogens is 108 g/mol. The molecule has 3 heteroatoms. The van der Waals surface area contributed by atoms with Gasteiger partial charge in [-0.05, 0) is 6.42 Å². The van der Waals surface area contributed by atoms with Crippen molar-refractivity contribution in [2.75, 3.05) is 0 Å².